The number of halogens is 1. The van der Waals surface area contributed by atoms with Gasteiger partial charge in [-0.2, -0.15) is 0 Å². The molecule has 0 amide bonds. The molecule has 2 rings (SSSR count). The van der Waals surface area contributed by atoms with Crippen LogP contribution in [0.4, 0.5) is 0 Å². The second kappa shape index (κ2) is 7.10. The van der Waals surface area contributed by atoms with Crippen molar-refractivity contribution in [3.05, 3.63) is 34.9 Å². The number of likely N-dealkylation sites (N-methyl/N-ethyl adjacent to an activating group) is 1. The standard InChI is InChI=1S/C14H20ClNO2/c1-2-16-12(10-14-17-7-8-18-14)9-11-5-3-4-6-13(11)15/h3-6,12,14,16H,2,7-10H2,1H3. The minimum Gasteiger partial charge on any atom is -0.350 e. The highest BCUT2D eigenvalue weighted by Gasteiger charge is 2.21. The molecule has 0 aliphatic carbocycles. The molecule has 0 spiro atoms. The van der Waals surface area contributed by atoms with Gasteiger partial charge in [0.1, 0.15) is 0 Å². The van der Waals surface area contributed by atoms with Crippen LogP contribution in [0.3, 0.4) is 0 Å². The highest BCUT2D eigenvalue weighted by molar-refractivity contribution is 6.31. The van der Waals surface area contributed by atoms with Crippen molar-refractivity contribution in [2.45, 2.75) is 32.1 Å². The fourth-order valence-electron chi connectivity index (χ4n) is 2.23. The minimum absolute atomic E-state index is 0.0727. The van der Waals surface area contributed by atoms with Gasteiger partial charge >= 0.3 is 0 Å². The average molecular weight is 270 g/mol. The second-order valence-electron chi connectivity index (χ2n) is 4.46. The zero-order chi connectivity index (χ0) is 12.8. The molecule has 18 heavy (non-hydrogen) atoms. The summed E-state index contributed by atoms with van der Waals surface area (Å²) in [4.78, 5) is 0. The monoisotopic (exact) mass is 269 g/mol. The van der Waals surface area contributed by atoms with Crippen LogP contribution in [0.5, 0.6) is 0 Å². The summed E-state index contributed by atoms with van der Waals surface area (Å²) in [6.45, 7) is 4.45. The predicted octanol–water partition coefficient (Wildman–Crippen LogP) is 2.62. The zero-order valence-corrected chi connectivity index (χ0v) is 11.5. The lowest BCUT2D eigenvalue weighted by molar-refractivity contribution is -0.0525. The van der Waals surface area contributed by atoms with Crippen molar-refractivity contribution in [1.29, 1.82) is 0 Å². The topological polar surface area (TPSA) is 30.5 Å². The number of ether oxygens (including phenoxy) is 2. The van der Waals surface area contributed by atoms with E-state index < -0.39 is 0 Å². The van der Waals surface area contributed by atoms with Gasteiger partial charge in [0.15, 0.2) is 6.29 Å². The highest BCUT2D eigenvalue weighted by Crippen LogP contribution is 2.19. The van der Waals surface area contributed by atoms with Crippen molar-refractivity contribution >= 4 is 11.6 Å². The Hall–Kier alpha value is -0.610. The van der Waals surface area contributed by atoms with Crippen LogP contribution in [-0.2, 0) is 15.9 Å². The number of hydrogen-bond acceptors (Lipinski definition) is 3. The van der Waals surface area contributed by atoms with Gasteiger partial charge in [0.2, 0.25) is 0 Å². The Morgan fingerprint density at radius 2 is 2.06 bits per heavy atom. The smallest absolute Gasteiger partial charge is 0.159 e. The predicted molar refractivity (Wildman–Crippen MR) is 72.9 cm³/mol. The van der Waals surface area contributed by atoms with Gasteiger partial charge in [-0.05, 0) is 24.6 Å². The number of rotatable bonds is 6. The van der Waals surface area contributed by atoms with Crippen LogP contribution < -0.4 is 5.32 Å². The van der Waals surface area contributed by atoms with Crippen LogP contribution >= 0.6 is 11.6 Å². The Morgan fingerprint density at radius 3 is 2.72 bits per heavy atom. The molecule has 0 radical (unpaired) electrons. The fraction of sp³-hybridized carbons (Fsp3) is 0.571. The fourth-order valence-corrected chi connectivity index (χ4v) is 2.45. The Bertz CT molecular complexity index is 367. The normalized spacial score (nSPS) is 18.1. The summed E-state index contributed by atoms with van der Waals surface area (Å²) in [5.74, 6) is 0. The van der Waals surface area contributed by atoms with E-state index in [1.807, 2.05) is 18.2 Å². The molecular formula is C14H20ClNO2. The summed E-state index contributed by atoms with van der Waals surface area (Å²) in [5.41, 5.74) is 1.17. The van der Waals surface area contributed by atoms with E-state index in [1.54, 1.807) is 0 Å². The lowest BCUT2D eigenvalue weighted by Gasteiger charge is -2.21. The van der Waals surface area contributed by atoms with E-state index in [4.69, 9.17) is 21.1 Å². The third kappa shape index (κ3) is 3.95. The summed E-state index contributed by atoms with van der Waals surface area (Å²) < 4.78 is 11.0. The van der Waals surface area contributed by atoms with E-state index in [0.29, 0.717) is 19.3 Å². The summed E-state index contributed by atoms with van der Waals surface area (Å²) >= 11 is 6.19. The molecule has 1 aromatic carbocycles. The lowest BCUT2D eigenvalue weighted by atomic mass is 10.0. The maximum absolute atomic E-state index is 6.19. The summed E-state index contributed by atoms with van der Waals surface area (Å²) in [5, 5.41) is 4.29. The third-order valence-electron chi connectivity index (χ3n) is 3.08. The van der Waals surface area contributed by atoms with Crippen LogP contribution in [0.25, 0.3) is 0 Å². The van der Waals surface area contributed by atoms with Crippen LogP contribution in [0.15, 0.2) is 24.3 Å². The van der Waals surface area contributed by atoms with E-state index in [1.165, 1.54) is 5.56 Å². The van der Waals surface area contributed by atoms with E-state index in [2.05, 4.69) is 18.3 Å². The summed E-state index contributed by atoms with van der Waals surface area (Å²) in [6.07, 6.45) is 1.69. The lowest BCUT2D eigenvalue weighted by Crippen LogP contribution is -2.34. The molecule has 0 saturated carbocycles. The van der Waals surface area contributed by atoms with Crippen molar-refractivity contribution in [2.75, 3.05) is 19.8 Å². The van der Waals surface area contributed by atoms with Crippen LogP contribution in [0, 0.1) is 0 Å². The molecule has 1 N–H and O–H groups in total. The number of hydrogen-bond donors (Lipinski definition) is 1. The molecule has 0 bridgehead atoms. The van der Waals surface area contributed by atoms with Gasteiger partial charge in [-0.1, -0.05) is 36.7 Å². The maximum Gasteiger partial charge on any atom is 0.159 e. The number of nitrogens with one attached hydrogen (secondary N) is 1. The van der Waals surface area contributed by atoms with Gasteiger partial charge in [0, 0.05) is 17.5 Å². The first-order chi connectivity index (χ1) is 8.79. The molecule has 1 saturated heterocycles. The molecule has 1 fully saturated rings. The van der Waals surface area contributed by atoms with E-state index in [-0.39, 0.29) is 6.29 Å². The summed E-state index contributed by atoms with van der Waals surface area (Å²) in [6, 6.07) is 8.31. The molecular weight excluding hydrogens is 250 g/mol. The van der Waals surface area contributed by atoms with Crippen LogP contribution in [-0.4, -0.2) is 32.1 Å². The molecule has 100 valence electrons. The minimum atomic E-state index is -0.0727. The van der Waals surface area contributed by atoms with E-state index in [9.17, 15) is 0 Å². The third-order valence-corrected chi connectivity index (χ3v) is 3.45. The molecule has 4 heteroatoms. The average Bonchev–Trinajstić information content (AvgIpc) is 2.85. The Morgan fingerprint density at radius 1 is 1.33 bits per heavy atom. The Balaban J connectivity index is 1.94. The number of benzene rings is 1. The second-order valence-corrected chi connectivity index (χ2v) is 4.86. The Kier molecular flexibility index (Phi) is 5.45. The molecule has 1 aliphatic rings. The van der Waals surface area contributed by atoms with Crippen molar-refractivity contribution in [3.8, 4) is 0 Å². The first kappa shape index (κ1) is 13.8. The molecule has 1 unspecified atom stereocenters. The highest BCUT2D eigenvalue weighted by atomic mass is 35.5. The largest absolute Gasteiger partial charge is 0.350 e. The molecule has 1 atom stereocenters. The quantitative estimate of drug-likeness (QED) is 0.861. The molecule has 3 nitrogen and oxygen atoms in total. The van der Waals surface area contributed by atoms with Gasteiger partial charge in [-0.3, -0.25) is 0 Å². The first-order valence-electron chi connectivity index (χ1n) is 6.49. The van der Waals surface area contributed by atoms with Gasteiger partial charge < -0.3 is 14.8 Å². The maximum atomic E-state index is 6.19. The Labute approximate surface area is 113 Å². The van der Waals surface area contributed by atoms with Gasteiger partial charge in [-0.25, -0.2) is 0 Å². The van der Waals surface area contributed by atoms with Crippen molar-refractivity contribution in [1.82, 2.24) is 5.32 Å². The van der Waals surface area contributed by atoms with Crippen LogP contribution in [0.2, 0.25) is 5.02 Å². The van der Waals surface area contributed by atoms with Gasteiger partial charge in [0.25, 0.3) is 0 Å². The SMILES string of the molecule is CCNC(Cc1ccccc1Cl)CC1OCCO1. The van der Waals surface area contributed by atoms with Crippen LogP contribution in [0.1, 0.15) is 18.9 Å². The molecule has 1 aliphatic heterocycles. The van der Waals surface area contributed by atoms with E-state index >= 15 is 0 Å². The first-order valence-corrected chi connectivity index (χ1v) is 6.87. The molecule has 0 aromatic heterocycles. The van der Waals surface area contributed by atoms with Gasteiger partial charge in [-0.15, -0.1) is 0 Å². The molecule has 1 heterocycles. The molecule has 1 aromatic rings. The van der Waals surface area contributed by atoms with Crippen molar-refractivity contribution < 1.29 is 9.47 Å². The van der Waals surface area contributed by atoms with Gasteiger partial charge in [0.05, 0.1) is 13.2 Å². The summed E-state index contributed by atoms with van der Waals surface area (Å²) in [7, 11) is 0. The zero-order valence-electron chi connectivity index (χ0n) is 10.7. The van der Waals surface area contributed by atoms with Crippen molar-refractivity contribution in [3.63, 3.8) is 0 Å². The van der Waals surface area contributed by atoms with E-state index in [0.717, 1.165) is 24.4 Å². The van der Waals surface area contributed by atoms with Crippen molar-refractivity contribution in [2.24, 2.45) is 0 Å².